The second-order valence-electron chi connectivity index (χ2n) is 5.44. The molecule has 1 N–H and O–H groups in total. The average molecular weight is 345 g/mol. The van der Waals surface area contributed by atoms with Gasteiger partial charge in [0.25, 0.3) is 0 Å². The quantitative estimate of drug-likeness (QED) is 0.721. The van der Waals surface area contributed by atoms with E-state index in [9.17, 15) is 9.59 Å². The van der Waals surface area contributed by atoms with Crippen LogP contribution in [0.15, 0.2) is 36.4 Å². The molecule has 0 fully saturated rings. The molecular formula is C19H23NO3S. The maximum absolute atomic E-state index is 12.4. The summed E-state index contributed by atoms with van der Waals surface area (Å²) in [6.07, 6.45) is 1.54. The van der Waals surface area contributed by atoms with Crippen molar-refractivity contribution in [2.45, 2.75) is 33.6 Å². The number of nitrogens with one attached hydrogen (secondary N) is 1. The SMILES string of the molecule is CCOC(=O)c1cc(-c2ccccc2)sc1NC(=O)C(CC)CC. The minimum atomic E-state index is -0.407. The first-order valence-electron chi connectivity index (χ1n) is 8.27. The Morgan fingerprint density at radius 2 is 1.79 bits per heavy atom. The zero-order valence-electron chi connectivity index (χ0n) is 14.3. The lowest BCUT2D eigenvalue weighted by atomic mass is 10.0. The first-order valence-corrected chi connectivity index (χ1v) is 9.09. The predicted molar refractivity (Wildman–Crippen MR) is 98.4 cm³/mol. The van der Waals surface area contributed by atoms with Crippen LogP contribution in [0, 0.1) is 5.92 Å². The molecule has 5 heteroatoms. The fraction of sp³-hybridized carbons (Fsp3) is 0.368. The van der Waals surface area contributed by atoms with Gasteiger partial charge in [-0.1, -0.05) is 44.2 Å². The largest absolute Gasteiger partial charge is 0.462 e. The molecule has 0 radical (unpaired) electrons. The zero-order valence-corrected chi connectivity index (χ0v) is 15.1. The van der Waals surface area contributed by atoms with Gasteiger partial charge in [0.05, 0.1) is 12.2 Å². The Labute approximate surface area is 146 Å². The lowest BCUT2D eigenvalue weighted by Crippen LogP contribution is -2.22. The Morgan fingerprint density at radius 3 is 2.38 bits per heavy atom. The van der Waals surface area contributed by atoms with Crippen molar-refractivity contribution in [1.82, 2.24) is 0 Å². The van der Waals surface area contributed by atoms with E-state index < -0.39 is 5.97 Å². The summed E-state index contributed by atoms with van der Waals surface area (Å²) >= 11 is 1.40. The van der Waals surface area contributed by atoms with Crippen LogP contribution in [-0.4, -0.2) is 18.5 Å². The van der Waals surface area contributed by atoms with Crippen molar-refractivity contribution in [3.05, 3.63) is 42.0 Å². The van der Waals surface area contributed by atoms with Crippen LogP contribution in [0.3, 0.4) is 0 Å². The van der Waals surface area contributed by atoms with Gasteiger partial charge in [-0.3, -0.25) is 4.79 Å². The first kappa shape index (κ1) is 18.2. The van der Waals surface area contributed by atoms with E-state index in [0.29, 0.717) is 17.2 Å². The molecular weight excluding hydrogens is 322 g/mol. The third-order valence-electron chi connectivity index (χ3n) is 3.88. The molecule has 0 atom stereocenters. The lowest BCUT2D eigenvalue weighted by Gasteiger charge is -2.12. The van der Waals surface area contributed by atoms with E-state index in [4.69, 9.17) is 4.74 Å². The van der Waals surface area contributed by atoms with Crippen molar-refractivity contribution in [3.8, 4) is 10.4 Å². The second kappa shape index (κ2) is 8.64. The summed E-state index contributed by atoms with van der Waals surface area (Å²) in [6.45, 7) is 6.05. The van der Waals surface area contributed by atoms with Gasteiger partial charge >= 0.3 is 5.97 Å². The van der Waals surface area contributed by atoms with Crippen molar-refractivity contribution in [3.63, 3.8) is 0 Å². The van der Waals surface area contributed by atoms with Gasteiger partial charge in [0.1, 0.15) is 5.00 Å². The fourth-order valence-corrected chi connectivity index (χ4v) is 3.52. The van der Waals surface area contributed by atoms with E-state index in [1.54, 1.807) is 13.0 Å². The Kier molecular flexibility index (Phi) is 6.55. The standard InChI is InChI=1S/C19H23NO3S/c1-4-13(5-2)17(21)20-18-15(19(22)23-6-3)12-16(24-18)14-10-8-7-9-11-14/h7-13H,4-6H2,1-3H3,(H,20,21). The number of benzene rings is 1. The highest BCUT2D eigenvalue weighted by Crippen LogP contribution is 2.36. The fourth-order valence-electron chi connectivity index (χ4n) is 2.46. The van der Waals surface area contributed by atoms with E-state index in [-0.39, 0.29) is 11.8 Å². The first-order chi connectivity index (χ1) is 11.6. The van der Waals surface area contributed by atoms with E-state index in [0.717, 1.165) is 23.3 Å². The van der Waals surface area contributed by atoms with Gasteiger partial charge in [0.15, 0.2) is 0 Å². The predicted octanol–water partition coefficient (Wildman–Crippen LogP) is 4.97. The Balaban J connectivity index is 2.35. The molecule has 1 aromatic carbocycles. The van der Waals surface area contributed by atoms with E-state index >= 15 is 0 Å². The summed E-state index contributed by atoms with van der Waals surface area (Å²) in [6, 6.07) is 11.6. The number of ether oxygens (including phenoxy) is 1. The summed E-state index contributed by atoms with van der Waals surface area (Å²) in [5, 5.41) is 3.48. The topological polar surface area (TPSA) is 55.4 Å². The van der Waals surface area contributed by atoms with Crippen LogP contribution in [0.1, 0.15) is 44.0 Å². The van der Waals surface area contributed by atoms with Gasteiger partial charge < -0.3 is 10.1 Å². The molecule has 2 rings (SSSR count). The third-order valence-corrected chi connectivity index (χ3v) is 4.98. The molecule has 0 aliphatic rings. The molecule has 0 bridgehead atoms. The number of carbonyl (C=O) groups is 2. The number of hydrogen-bond donors (Lipinski definition) is 1. The smallest absolute Gasteiger partial charge is 0.341 e. The molecule has 1 heterocycles. The van der Waals surface area contributed by atoms with Crippen molar-refractivity contribution in [2.75, 3.05) is 11.9 Å². The molecule has 0 aliphatic heterocycles. The van der Waals surface area contributed by atoms with Gasteiger partial charge in [-0.15, -0.1) is 11.3 Å². The van der Waals surface area contributed by atoms with Crippen molar-refractivity contribution in [1.29, 1.82) is 0 Å². The van der Waals surface area contributed by atoms with E-state index in [1.807, 2.05) is 44.2 Å². The molecule has 1 amide bonds. The van der Waals surface area contributed by atoms with Gasteiger partial charge in [0, 0.05) is 10.8 Å². The van der Waals surface area contributed by atoms with Gasteiger partial charge in [-0.25, -0.2) is 4.79 Å². The summed E-state index contributed by atoms with van der Waals surface area (Å²) in [5.74, 6) is -0.509. The Morgan fingerprint density at radius 1 is 1.12 bits per heavy atom. The summed E-state index contributed by atoms with van der Waals surface area (Å²) < 4.78 is 5.13. The monoisotopic (exact) mass is 345 g/mol. The van der Waals surface area contributed by atoms with Gasteiger partial charge in [-0.05, 0) is 31.4 Å². The highest BCUT2D eigenvalue weighted by Gasteiger charge is 2.22. The zero-order chi connectivity index (χ0) is 17.5. The summed E-state index contributed by atoms with van der Waals surface area (Å²) in [4.78, 5) is 25.6. The van der Waals surface area contributed by atoms with Gasteiger partial charge in [-0.2, -0.15) is 0 Å². The number of carbonyl (C=O) groups excluding carboxylic acids is 2. The third kappa shape index (κ3) is 4.23. The second-order valence-corrected chi connectivity index (χ2v) is 6.49. The summed E-state index contributed by atoms with van der Waals surface area (Å²) in [5.41, 5.74) is 1.43. The van der Waals surface area contributed by atoms with Crippen LogP contribution in [0.5, 0.6) is 0 Å². The highest BCUT2D eigenvalue weighted by atomic mass is 32.1. The lowest BCUT2D eigenvalue weighted by molar-refractivity contribution is -0.120. The molecule has 2 aromatic rings. The van der Waals surface area contributed by atoms with Crippen LogP contribution in [0.4, 0.5) is 5.00 Å². The maximum atomic E-state index is 12.4. The number of thiophene rings is 1. The molecule has 0 unspecified atom stereocenters. The minimum absolute atomic E-state index is 0.0491. The highest BCUT2D eigenvalue weighted by molar-refractivity contribution is 7.20. The normalized spacial score (nSPS) is 10.7. The molecule has 24 heavy (non-hydrogen) atoms. The van der Waals surface area contributed by atoms with Crippen molar-refractivity contribution < 1.29 is 14.3 Å². The van der Waals surface area contributed by atoms with E-state index in [2.05, 4.69) is 5.32 Å². The number of esters is 1. The number of rotatable bonds is 7. The number of amides is 1. The van der Waals surface area contributed by atoms with Crippen LogP contribution in [-0.2, 0) is 9.53 Å². The number of anilines is 1. The Hall–Kier alpha value is -2.14. The number of hydrogen-bond acceptors (Lipinski definition) is 4. The van der Waals surface area contributed by atoms with Crippen LogP contribution in [0.2, 0.25) is 0 Å². The van der Waals surface area contributed by atoms with Gasteiger partial charge in [0.2, 0.25) is 5.91 Å². The van der Waals surface area contributed by atoms with Crippen LogP contribution < -0.4 is 5.32 Å². The average Bonchev–Trinajstić information content (AvgIpc) is 3.01. The molecule has 0 spiro atoms. The van der Waals surface area contributed by atoms with Crippen molar-refractivity contribution in [2.24, 2.45) is 5.92 Å². The van der Waals surface area contributed by atoms with Crippen LogP contribution >= 0.6 is 11.3 Å². The summed E-state index contributed by atoms with van der Waals surface area (Å²) in [7, 11) is 0. The van der Waals surface area contributed by atoms with E-state index in [1.165, 1.54) is 11.3 Å². The van der Waals surface area contributed by atoms with Crippen LogP contribution in [0.25, 0.3) is 10.4 Å². The Bertz CT molecular complexity index is 690. The molecule has 1 aromatic heterocycles. The molecule has 0 saturated carbocycles. The minimum Gasteiger partial charge on any atom is -0.462 e. The maximum Gasteiger partial charge on any atom is 0.341 e. The molecule has 0 aliphatic carbocycles. The van der Waals surface area contributed by atoms with Crippen molar-refractivity contribution >= 4 is 28.2 Å². The molecule has 128 valence electrons. The molecule has 4 nitrogen and oxygen atoms in total. The molecule has 0 saturated heterocycles.